The van der Waals surface area contributed by atoms with Gasteiger partial charge in [0.05, 0.1) is 0 Å². The first kappa shape index (κ1) is 15.5. The minimum Gasteiger partial charge on any atom is -0.462 e. The second-order valence-corrected chi connectivity index (χ2v) is 7.20. The highest BCUT2D eigenvalue weighted by Crippen LogP contribution is 2.30. The van der Waals surface area contributed by atoms with Gasteiger partial charge in [0.1, 0.15) is 23.0 Å². The van der Waals surface area contributed by atoms with Crippen molar-refractivity contribution in [3.63, 3.8) is 0 Å². The van der Waals surface area contributed by atoms with Crippen LogP contribution in [0.4, 0.5) is 0 Å². The quantitative estimate of drug-likeness (QED) is 0.906. The maximum atomic E-state index is 12.8. The van der Waals surface area contributed by atoms with Crippen molar-refractivity contribution in [1.29, 1.82) is 0 Å². The Labute approximate surface area is 120 Å². The molecular weight excluding hydrogens is 278 g/mol. The lowest BCUT2D eigenvalue weighted by Crippen LogP contribution is -2.43. The zero-order valence-electron chi connectivity index (χ0n) is 12.1. The maximum Gasteiger partial charge on any atom is 0.246 e. The molecule has 0 radical (unpaired) electrons. The summed E-state index contributed by atoms with van der Waals surface area (Å²) in [5.74, 6) is 0.653. The summed E-state index contributed by atoms with van der Waals surface area (Å²) in [6, 6.07) is 1.54. The van der Waals surface area contributed by atoms with E-state index in [2.05, 4.69) is 6.92 Å². The van der Waals surface area contributed by atoms with Gasteiger partial charge in [-0.15, -0.1) is 0 Å². The highest BCUT2D eigenvalue weighted by molar-refractivity contribution is 7.89. The number of nitrogens with zero attached hydrogens (tertiary/aromatic N) is 1. The Bertz CT molecular complexity index is 548. The third-order valence-corrected chi connectivity index (χ3v) is 5.92. The fourth-order valence-corrected chi connectivity index (χ4v) is 4.81. The van der Waals surface area contributed by atoms with E-state index in [0.717, 1.165) is 32.1 Å². The monoisotopic (exact) mass is 301 g/mol. The number of hydrogen-bond acceptors (Lipinski definition) is 4. The normalized spacial score (nSPS) is 21.2. The lowest BCUT2D eigenvalue weighted by molar-refractivity contribution is 0.239. The van der Waals surface area contributed by atoms with E-state index >= 15 is 0 Å². The van der Waals surface area contributed by atoms with Crippen molar-refractivity contribution in [3.05, 3.63) is 17.6 Å². The molecule has 5 nitrogen and oxygen atoms in total. The van der Waals surface area contributed by atoms with Gasteiger partial charge in [-0.05, 0) is 26.2 Å². The second-order valence-electron chi connectivity index (χ2n) is 5.35. The zero-order chi connectivity index (χ0) is 14.8. The molecule has 0 spiro atoms. The van der Waals surface area contributed by atoms with E-state index in [4.69, 9.17) is 9.52 Å². The van der Waals surface area contributed by atoms with Crippen LogP contribution in [0.2, 0.25) is 0 Å². The predicted octanol–water partition coefficient (Wildman–Crippen LogP) is 2.42. The van der Waals surface area contributed by atoms with E-state index in [1.807, 2.05) is 0 Å². The molecule has 1 saturated heterocycles. The van der Waals surface area contributed by atoms with Gasteiger partial charge in [0.25, 0.3) is 0 Å². The summed E-state index contributed by atoms with van der Waals surface area (Å²) in [4.78, 5) is 0.199. The van der Waals surface area contributed by atoms with Gasteiger partial charge in [0.2, 0.25) is 10.0 Å². The molecule has 1 atom stereocenters. The van der Waals surface area contributed by atoms with Crippen LogP contribution in [-0.4, -0.2) is 30.4 Å². The SMILES string of the molecule is CCCC1CCCCN1S(=O)(=O)c1cc(CO)oc1C. The van der Waals surface area contributed by atoms with Crippen molar-refractivity contribution >= 4 is 10.0 Å². The number of hydrogen-bond donors (Lipinski definition) is 1. The van der Waals surface area contributed by atoms with E-state index in [0.29, 0.717) is 18.1 Å². The number of aliphatic hydroxyl groups is 1. The molecule has 6 heteroatoms. The topological polar surface area (TPSA) is 70.8 Å². The van der Waals surface area contributed by atoms with Crippen molar-refractivity contribution in [1.82, 2.24) is 4.31 Å². The summed E-state index contributed by atoms with van der Waals surface area (Å²) >= 11 is 0. The molecule has 1 N–H and O–H groups in total. The van der Waals surface area contributed by atoms with Gasteiger partial charge in [-0.3, -0.25) is 0 Å². The van der Waals surface area contributed by atoms with Crippen molar-refractivity contribution in [2.75, 3.05) is 6.54 Å². The van der Waals surface area contributed by atoms with Gasteiger partial charge in [-0.2, -0.15) is 4.31 Å². The summed E-state index contributed by atoms with van der Waals surface area (Å²) in [6.45, 7) is 4.00. The first-order valence-electron chi connectivity index (χ1n) is 7.22. The minimum atomic E-state index is -3.52. The molecule has 1 unspecified atom stereocenters. The van der Waals surface area contributed by atoms with Crippen LogP contribution in [0.3, 0.4) is 0 Å². The summed E-state index contributed by atoms with van der Waals surface area (Å²) < 4.78 is 32.5. The molecule has 0 amide bonds. The molecule has 114 valence electrons. The van der Waals surface area contributed by atoms with Gasteiger partial charge in [-0.1, -0.05) is 19.8 Å². The van der Waals surface area contributed by atoms with Crippen molar-refractivity contribution in [3.8, 4) is 0 Å². The summed E-state index contributed by atoms with van der Waals surface area (Å²) in [5, 5.41) is 9.09. The van der Waals surface area contributed by atoms with Gasteiger partial charge in [0.15, 0.2) is 0 Å². The standard InChI is InChI=1S/C14H23NO4S/c1-3-6-12-7-4-5-8-15(12)20(17,18)14-9-13(10-16)19-11(14)2/h9,12,16H,3-8,10H2,1-2H3. The number of rotatable bonds is 5. The zero-order valence-corrected chi connectivity index (χ0v) is 12.9. The fraction of sp³-hybridized carbons (Fsp3) is 0.714. The third kappa shape index (κ3) is 2.92. The molecule has 1 fully saturated rings. The lowest BCUT2D eigenvalue weighted by atomic mass is 10.0. The largest absolute Gasteiger partial charge is 0.462 e. The molecule has 0 aromatic carbocycles. The van der Waals surface area contributed by atoms with Crippen LogP contribution in [0.5, 0.6) is 0 Å². The first-order chi connectivity index (χ1) is 9.50. The van der Waals surface area contributed by atoms with Crippen LogP contribution in [0, 0.1) is 6.92 Å². The Balaban J connectivity index is 2.34. The second kappa shape index (κ2) is 6.28. The van der Waals surface area contributed by atoms with E-state index in [1.54, 1.807) is 11.2 Å². The molecule has 1 aliphatic heterocycles. The van der Waals surface area contributed by atoms with Gasteiger partial charge >= 0.3 is 0 Å². The van der Waals surface area contributed by atoms with Crippen LogP contribution in [0.15, 0.2) is 15.4 Å². The van der Waals surface area contributed by atoms with E-state index in [1.165, 1.54) is 6.07 Å². The van der Waals surface area contributed by atoms with E-state index in [-0.39, 0.29) is 17.5 Å². The molecule has 1 aromatic rings. The smallest absolute Gasteiger partial charge is 0.246 e. The molecule has 2 rings (SSSR count). The third-order valence-electron chi connectivity index (χ3n) is 3.86. The number of piperidine rings is 1. The Hall–Kier alpha value is -0.850. The average Bonchev–Trinajstić information content (AvgIpc) is 2.82. The van der Waals surface area contributed by atoms with Crippen molar-refractivity contribution in [2.24, 2.45) is 0 Å². The Kier molecular flexibility index (Phi) is 4.88. The molecule has 2 heterocycles. The number of aliphatic hydroxyl groups excluding tert-OH is 1. The summed E-state index contributed by atoms with van der Waals surface area (Å²) in [5.41, 5.74) is 0. The number of furan rings is 1. The lowest BCUT2D eigenvalue weighted by Gasteiger charge is -2.34. The maximum absolute atomic E-state index is 12.8. The molecule has 0 saturated carbocycles. The minimum absolute atomic E-state index is 0.0885. The fourth-order valence-electron chi connectivity index (χ4n) is 2.90. The van der Waals surface area contributed by atoms with Crippen molar-refractivity contribution < 1.29 is 17.9 Å². The molecule has 20 heavy (non-hydrogen) atoms. The highest BCUT2D eigenvalue weighted by Gasteiger charge is 2.35. The van der Waals surface area contributed by atoms with E-state index < -0.39 is 10.0 Å². The Morgan fingerprint density at radius 3 is 2.80 bits per heavy atom. The van der Waals surface area contributed by atoms with Crippen LogP contribution in [0.25, 0.3) is 0 Å². The van der Waals surface area contributed by atoms with Crippen molar-refractivity contribution in [2.45, 2.75) is 63.5 Å². The van der Waals surface area contributed by atoms with Crippen LogP contribution in [-0.2, 0) is 16.6 Å². The molecule has 0 bridgehead atoms. The van der Waals surface area contributed by atoms with E-state index in [9.17, 15) is 8.42 Å². The summed E-state index contributed by atoms with van der Waals surface area (Å²) in [6.07, 6.45) is 4.79. The van der Waals surface area contributed by atoms with Crippen LogP contribution >= 0.6 is 0 Å². The Morgan fingerprint density at radius 1 is 1.45 bits per heavy atom. The van der Waals surface area contributed by atoms with Gasteiger partial charge in [-0.25, -0.2) is 8.42 Å². The molecule has 1 aliphatic rings. The van der Waals surface area contributed by atoms with Gasteiger partial charge in [0, 0.05) is 18.7 Å². The summed E-state index contributed by atoms with van der Waals surface area (Å²) in [7, 11) is -3.52. The van der Waals surface area contributed by atoms with Gasteiger partial charge < -0.3 is 9.52 Å². The van der Waals surface area contributed by atoms with Crippen LogP contribution in [0.1, 0.15) is 50.5 Å². The first-order valence-corrected chi connectivity index (χ1v) is 8.66. The highest BCUT2D eigenvalue weighted by atomic mass is 32.2. The number of aryl methyl sites for hydroxylation is 1. The molecule has 0 aliphatic carbocycles. The number of sulfonamides is 1. The molecular formula is C14H23NO4S. The predicted molar refractivity (Wildman–Crippen MR) is 75.8 cm³/mol. The molecule has 1 aromatic heterocycles. The Morgan fingerprint density at radius 2 is 2.20 bits per heavy atom. The van der Waals surface area contributed by atoms with Crippen LogP contribution < -0.4 is 0 Å². The average molecular weight is 301 g/mol.